The van der Waals surface area contributed by atoms with Crippen molar-refractivity contribution >= 4 is 21.7 Å². The second-order valence-corrected chi connectivity index (χ2v) is 7.02. The number of unbranched alkanes of at least 4 members (excludes halogenated alkanes) is 1. The molecule has 0 bridgehead atoms. The number of rotatable bonds is 8. The van der Waals surface area contributed by atoms with Gasteiger partial charge in [-0.05, 0) is 37.6 Å². The van der Waals surface area contributed by atoms with Crippen molar-refractivity contribution in [2.24, 2.45) is 0 Å². The van der Waals surface area contributed by atoms with Crippen LogP contribution in [0.15, 0.2) is 29.2 Å². The van der Waals surface area contributed by atoms with Crippen LogP contribution in [-0.2, 0) is 14.6 Å². The molecule has 0 fully saturated rings. The van der Waals surface area contributed by atoms with Gasteiger partial charge in [-0.3, -0.25) is 9.59 Å². The SMILES string of the molecule is CCCCS(=O)(=O)c1ccc(C(=O)N(CC)CC(=O)O)cc1. The largest absolute Gasteiger partial charge is 0.480 e. The number of nitrogens with zero attached hydrogens (tertiary/aromatic N) is 1. The van der Waals surface area contributed by atoms with Gasteiger partial charge in [0.05, 0.1) is 10.6 Å². The number of amides is 1. The zero-order valence-electron chi connectivity index (χ0n) is 12.8. The molecule has 0 aliphatic carbocycles. The number of carbonyl (C=O) groups is 2. The van der Waals surface area contributed by atoms with Gasteiger partial charge in [0.25, 0.3) is 5.91 Å². The average Bonchev–Trinajstić information content (AvgIpc) is 2.50. The molecule has 0 saturated carbocycles. The molecule has 0 aliphatic rings. The van der Waals surface area contributed by atoms with Crippen molar-refractivity contribution in [1.82, 2.24) is 4.90 Å². The monoisotopic (exact) mass is 327 g/mol. The molecule has 1 aromatic rings. The van der Waals surface area contributed by atoms with Crippen molar-refractivity contribution in [2.45, 2.75) is 31.6 Å². The Hall–Kier alpha value is -1.89. The number of carboxylic acids is 1. The Kier molecular flexibility index (Phi) is 6.55. The number of carboxylic acid groups (broad SMARTS) is 1. The van der Waals surface area contributed by atoms with Crippen molar-refractivity contribution in [3.05, 3.63) is 29.8 Å². The molecule has 0 unspecified atom stereocenters. The quantitative estimate of drug-likeness (QED) is 0.786. The van der Waals surface area contributed by atoms with Crippen molar-refractivity contribution in [2.75, 3.05) is 18.8 Å². The summed E-state index contributed by atoms with van der Waals surface area (Å²) in [7, 11) is -3.33. The third-order valence-corrected chi connectivity index (χ3v) is 5.04. The van der Waals surface area contributed by atoms with Gasteiger partial charge in [-0.1, -0.05) is 13.3 Å². The van der Waals surface area contributed by atoms with E-state index < -0.39 is 21.7 Å². The van der Waals surface area contributed by atoms with Crippen molar-refractivity contribution in [1.29, 1.82) is 0 Å². The van der Waals surface area contributed by atoms with E-state index in [1.54, 1.807) is 6.92 Å². The Morgan fingerprint density at radius 3 is 2.18 bits per heavy atom. The molecule has 1 aromatic carbocycles. The van der Waals surface area contributed by atoms with E-state index in [0.717, 1.165) is 6.42 Å². The van der Waals surface area contributed by atoms with Crippen LogP contribution in [0.3, 0.4) is 0 Å². The van der Waals surface area contributed by atoms with Crippen LogP contribution in [0.4, 0.5) is 0 Å². The zero-order chi connectivity index (χ0) is 16.8. The maximum Gasteiger partial charge on any atom is 0.323 e. The van der Waals surface area contributed by atoms with Crippen LogP contribution in [0.5, 0.6) is 0 Å². The molecule has 1 rings (SSSR count). The highest BCUT2D eigenvalue weighted by atomic mass is 32.2. The number of likely N-dealkylation sites (N-methyl/N-ethyl adjacent to an activating group) is 1. The van der Waals surface area contributed by atoms with Crippen LogP contribution in [0, 0.1) is 0 Å². The van der Waals surface area contributed by atoms with E-state index in [1.807, 2.05) is 6.92 Å². The van der Waals surface area contributed by atoms with Gasteiger partial charge >= 0.3 is 5.97 Å². The van der Waals surface area contributed by atoms with Crippen LogP contribution >= 0.6 is 0 Å². The minimum atomic E-state index is -3.33. The Balaban J connectivity index is 2.92. The molecule has 0 spiro atoms. The number of aliphatic carboxylic acids is 1. The molecule has 1 N–H and O–H groups in total. The van der Waals surface area contributed by atoms with E-state index in [4.69, 9.17) is 5.11 Å². The molecule has 0 saturated heterocycles. The van der Waals surface area contributed by atoms with Gasteiger partial charge in [-0.15, -0.1) is 0 Å². The fourth-order valence-electron chi connectivity index (χ4n) is 1.93. The second kappa shape index (κ2) is 7.93. The molecule has 6 nitrogen and oxygen atoms in total. The Bertz CT molecular complexity index is 622. The molecule has 0 aromatic heterocycles. The van der Waals surface area contributed by atoms with E-state index >= 15 is 0 Å². The molecule has 0 aliphatic heterocycles. The standard InChI is InChI=1S/C15H21NO5S/c1-3-5-10-22(20,21)13-8-6-12(7-9-13)15(19)16(4-2)11-14(17)18/h6-9H,3-5,10-11H2,1-2H3,(H,17,18). The highest BCUT2D eigenvalue weighted by molar-refractivity contribution is 7.91. The lowest BCUT2D eigenvalue weighted by Crippen LogP contribution is -2.35. The van der Waals surface area contributed by atoms with E-state index in [0.29, 0.717) is 6.42 Å². The maximum absolute atomic E-state index is 12.2. The Morgan fingerprint density at radius 1 is 1.14 bits per heavy atom. The first-order valence-corrected chi connectivity index (χ1v) is 8.81. The van der Waals surface area contributed by atoms with Crippen molar-refractivity contribution in [3.63, 3.8) is 0 Å². The summed E-state index contributed by atoms with van der Waals surface area (Å²) in [4.78, 5) is 24.2. The smallest absolute Gasteiger partial charge is 0.323 e. The first-order chi connectivity index (χ1) is 10.3. The lowest BCUT2D eigenvalue weighted by molar-refractivity contribution is -0.137. The van der Waals surface area contributed by atoms with Crippen LogP contribution in [0.1, 0.15) is 37.0 Å². The molecule has 122 valence electrons. The first-order valence-electron chi connectivity index (χ1n) is 7.15. The van der Waals surface area contributed by atoms with Crippen LogP contribution in [-0.4, -0.2) is 49.1 Å². The van der Waals surface area contributed by atoms with E-state index in [9.17, 15) is 18.0 Å². The number of hydrogen-bond donors (Lipinski definition) is 1. The third kappa shape index (κ3) is 4.84. The second-order valence-electron chi connectivity index (χ2n) is 4.91. The zero-order valence-corrected chi connectivity index (χ0v) is 13.6. The highest BCUT2D eigenvalue weighted by Gasteiger charge is 2.18. The lowest BCUT2D eigenvalue weighted by atomic mass is 10.2. The van der Waals surface area contributed by atoms with Crippen molar-refractivity contribution < 1.29 is 23.1 Å². The molecular formula is C15H21NO5S. The minimum Gasteiger partial charge on any atom is -0.480 e. The fraction of sp³-hybridized carbons (Fsp3) is 0.467. The molecule has 0 heterocycles. The molecule has 1 amide bonds. The minimum absolute atomic E-state index is 0.0803. The predicted octanol–water partition coefficient (Wildman–Crippen LogP) is 1.81. The highest BCUT2D eigenvalue weighted by Crippen LogP contribution is 2.15. The van der Waals surface area contributed by atoms with Gasteiger partial charge < -0.3 is 10.0 Å². The lowest BCUT2D eigenvalue weighted by Gasteiger charge is -2.18. The molecule has 7 heteroatoms. The van der Waals surface area contributed by atoms with E-state index in [1.165, 1.54) is 29.2 Å². The van der Waals surface area contributed by atoms with Gasteiger partial charge in [0.1, 0.15) is 6.54 Å². The van der Waals surface area contributed by atoms with Gasteiger partial charge in [-0.25, -0.2) is 8.42 Å². The summed E-state index contributed by atoms with van der Waals surface area (Å²) >= 11 is 0. The Morgan fingerprint density at radius 2 is 1.73 bits per heavy atom. The average molecular weight is 327 g/mol. The maximum atomic E-state index is 12.2. The summed E-state index contributed by atoms with van der Waals surface area (Å²) in [6.45, 7) is 3.48. The van der Waals surface area contributed by atoms with Crippen LogP contribution < -0.4 is 0 Å². The van der Waals surface area contributed by atoms with Gasteiger partial charge in [0, 0.05) is 12.1 Å². The van der Waals surface area contributed by atoms with Gasteiger partial charge in [0.15, 0.2) is 9.84 Å². The number of hydrogen-bond acceptors (Lipinski definition) is 4. The topological polar surface area (TPSA) is 91.8 Å². The normalized spacial score (nSPS) is 11.2. The summed E-state index contributed by atoms with van der Waals surface area (Å²) in [5.41, 5.74) is 0.276. The summed E-state index contributed by atoms with van der Waals surface area (Å²) < 4.78 is 24.1. The summed E-state index contributed by atoms with van der Waals surface area (Å²) in [5.74, 6) is -1.44. The van der Waals surface area contributed by atoms with Crippen molar-refractivity contribution in [3.8, 4) is 0 Å². The third-order valence-electron chi connectivity index (χ3n) is 3.22. The Labute approximate surface area is 130 Å². The van der Waals surface area contributed by atoms with Gasteiger partial charge in [-0.2, -0.15) is 0 Å². The van der Waals surface area contributed by atoms with Crippen LogP contribution in [0.2, 0.25) is 0 Å². The van der Waals surface area contributed by atoms with Crippen LogP contribution in [0.25, 0.3) is 0 Å². The number of carbonyl (C=O) groups excluding carboxylic acids is 1. The fourth-order valence-corrected chi connectivity index (χ4v) is 3.39. The molecule has 0 radical (unpaired) electrons. The van der Waals surface area contributed by atoms with Gasteiger partial charge in [0.2, 0.25) is 0 Å². The summed E-state index contributed by atoms with van der Waals surface area (Å²) in [6, 6.07) is 5.64. The number of benzene rings is 1. The molecule has 22 heavy (non-hydrogen) atoms. The summed E-state index contributed by atoms with van der Waals surface area (Å²) in [5, 5.41) is 8.77. The predicted molar refractivity (Wildman–Crippen MR) is 82.6 cm³/mol. The molecule has 0 atom stereocenters. The number of sulfone groups is 1. The first kappa shape index (κ1) is 18.2. The molecular weight excluding hydrogens is 306 g/mol. The van der Waals surface area contributed by atoms with E-state index in [2.05, 4.69) is 0 Å². The van der Waals surface area contributed by atoms with E-state index in [-0.39, 0.29) is 29.3 Å². The summed E-state index contributed by atoms with van der Waals surface area (Å²) in [6.07, 6.45) is 1.38.